The van der Waals surface area contributed by atoms with Crippen LogP contribution in [-0.4, -0.2) is 11.9 Å². The fourth-order valence-electron chi connectivity index (χ4n) is 2.57. The first-order valence-electron chi connectivity index (χ1n) is 8.18. The summed E-state index contributed by atoms with van der Waals surface area (Å²) in [7, 11) is 0. The summed E-state index contributed by atoms with van der Waals surface area (Å²) in [6.07, 6.45) is 0.177. The number of benzene rings is 3. The number of rotatable bonds is 4. The van der Waals surface area contributed by atoms with Gasteiger partial charge in [0.15, 0.2) is 0 Å². The third kappa shape index (κ3) is 4.13. The smallest absolute Gasteiger partial charge is 0.119 e. The van der Waals surface area contributed by atoms with Gasteiger partial charge in [-0.2, -0.15) is 0 Å². The largest absolute Gasteiger partial charge is 0.491 e. The first-order valence-corrected chi connectivity index (χ1v) is 8.18. The molecule has 0 unspecified atom stereocenters. The first kappa shape index (κ1) is 16.1. The minimum absolute atomic E-state index is 0.177. The Kier molecular flexibility index (Phi) is 4.80. The van der Waals surface area contributed by atoms with Crippen molar-refractivity contribution >= 4 is 28.0 Å². The van der Waals surface area contributed by atoms with Crippen molar-refractivity contribution in [2.75, 3.05) is 5.32 Å². The van der Waals surface area contributed by atoms with Crippen molar-refractivity contribution in [3.63, 3.8) is 0 Å². The molecule has 0 aliphatic heterocycles. The summed E-state index contributed by atoms with van der Waals surface area (Å²) < 4.78 is 5.65. The minimum Gasteiger partial charge on any atom is -0.491 e. The number of amidine groups is 1. The van der Waals surface area contributed by atoms with Crippen LogP contribution in [0.5, 0.6) is 5.75 Å². The predicted molar refractivity (Wildman–Crippen MR) is 103 cm³/mol. The molecule has 0 aliphatic carbocycles. The third-order valence-corrected chi connectivity index (χ3v) is 3.58. The molecule has 3 aromatic carbocycles. The Labute approximate surface area is 143 Å². The van der Waals surface area contributed by atoms with Gasteiger partial charge in [0.2, 0.25) is 0 Å². The van der Waals surface area contributed by atoms with Crippen molar-refractivity contribution in [3.8, 4) is 5.75 Å². The van der Waals surface area contributed by atoms with Gasteiger partial charge in [-0.1, -0.05) is 30.3 Å². The first-order chi connectivity index (χ1) is 11.6. The maximum absolute atomic E-state index is 5.65. The van der Waals surface area contributed by atoms with E-state index in [1.807, 2.05) is 51.1 Å². The molecule has 3 rings (SSSR count). The molecule has 0 amide bonds. The van der Waals surface area contributed by atoms with E-state index in [2.05, 4.69) is 46.7 Å². The Hall–Kier alpha value is -2.81. The van der Waals surface area contributed by atoms with E-state index >= 15 is 0 Å². The van der Waals surface area contributed by atoms with Gasteiger partial charge in [-0.15, -0.1) is 0 Å². The Morgan fingerprint density at radius 3 is 2.33 bits per heavy atom. The van der Waals surface area contributed by atoms with Crippen LogP contribution in [0.4, 0.5) is 11.4 Å². The summed E-state index contributed by atoms with van der Waals surface area (Å²) in [5, 5.41) is 5.80. The standard InChI is InChI=1S/C21H22N2O/c1-15(2)24-21-12-10-19(11-13-21)22-16(3)23-20-9-8-17-6-4-5-7-18(17)14-20/h4-15H,1-3H3,(H,22,23). The van der Waals surface area contributed by atoms with Gasteiger partial charge in [0, 0.05) is 5.69 Å². The lowest BCUT2D eigenvalue weighted by molar-refractivity contribution is 0.242. The summed E-state index contributed by atoms with van der Waals surface area (Å²) in [4.78, 5) is 4.60. The highest BCUT2D eigenvalue weighted by molar-refractivity contribution is 5.97. The fourth-order valence-corrected chi connectivity index (χ4v) is 2.57. The fraction of sp³-hybridized carbons (Fsp3) is 0.190. The maximum atomic E-state index is 5.65. The molecule has 0 bridgehead atoms. The van der Waals surface area contributed by atoms with Crippen molar-refractivity contribution < 1.29 is 4.74 Å². The van der Waals surface area contributed by atoms with Crippen molar-refractivity contribution in [2.45, 2.75) is 26.9 Å². The Balaban J connectivity index is 1.72. The van der Waals surface area contributed by atoms with E-state index in [0.29, 0.717) is 0 Å². The summed E-state index contributed by atoms with van der Waals surface area (Å²) in [6, 6.07) is 22.5. The van der Waals surface area contributed by atoms with Crippen LogP contribution in [0, 0.1) is 0 Å². The van der Waals surface area contributed by atoms with Gasteiger partial charge in [-0.25, -0.2) is 4.99 Å². The summed E-state index contributed by atoms with van der Waals surface area (Å²) in [6.45, 7) is 6.00. The van der Waals surface area contributed by atoms with Gasteiger partial charge in [0.25, 0.3) is 0 Å². The van der Waals surface area contributed by atoms with Crippen LogP contribution in [0.25, 0.3) is 10.8 Å². The van der Waals surface area contributed by atoms with Crippen LogP contribution < -0.4 is 10.1 Å². The molecular formula is C21H22N2O. The second-order valence-electron chi connectivity index (χ2n) is 6.04. The highest BCUT2D eigenvalue weighted by Gasteiger charge is 2.00. The van der Waals surface area contributed by atoms with Gasteiger partial charge >= 0.3 is 0 Å². The highest BCUT2D eigenvalue weighted by Crippen LogP contribution is 2.21. The highest BCUT2D eigenvalue weighted by atomic mass is 16.5. The molecule has 24 heavy (non-hydrogen) atoms. The zero-order valence-corrected chi connectivity index (χ0v) is 14.3. The van der Waals surface area contributed by atoms with Crippen LogP contribution in [0.2, 0.25) is 0 Å². The SMILES string of the molecule is CC(=Nc1ccc(OC(C)C)cc1)Nc1ccc2ccccc2c1. The zero-order chi connectivity index (χ0) is 16.9. The van der Waals surface area contributed by atoms with Crippen LogP contribution >= 0.6 is 0 Å². The quantitative estimate of drug-likeness (QED) is 0.488. The Morgan fingerprint density at radius 2 is 1.62 bits per heavy atom. The number of nitrogens with zero attached hydrogens (tertiary/aromatic N) is 1. The van der Waals surface area contributed by atoms with E-state index in [1.54, 1.807) is 0 Å². The molecule has 0 fully saturated rings. The maximum Gasteiger partial charge on any atom is 0.119 e. The van der Waals surface area contributed by atoms with Gasteiger partial charge < -0.3 is 10.1 Å². The summed E-state index contributed by atoms with van der Waals surface area (Å²) in [5.41, 5.74) is 1.94. The normalized spacial score (nSPS) is 11.8. The third-order valence-electron chi connectivity index (χ3n) is 3.58. The minimum atomic E-state index is 0.177. The van der Waals surface area contributed by atoms with Crippen molar-refractivity contribution in [3.05, 3.63) is 66.7 Å². The van der Waals surface area contributed by atoms with Crippen LogP contribution in [0.3, 0.4) is 0 Å². The molecule has 0 saturated carbocycles. The van der Waals surface area contributed by atoms with Gasteiger partial charge in [0.1, 0.15) is 11.6 Å². The van der Waals surface area contributed by atoms with Crippen molar-refractivity contribution in [2.24, 2.45) is 4.99 Å². The van der Waals surface area contributed by atoms with Crippen molar-refractivity contribution in [1.82, 2.24) is 0 Å². The molecule has 0 aromatic heterocycles. The van der Waals surface area contributed by atoms with Crippen LogP contribution in [0.15, 0.2) is 71.7 Å². The molecule has 3 aromatic rings. The number of fused-ring (bicyclic) bond motifs is 1. The summed E-state index contributed by atoms with van der Waals surface area (Å²) >= 11 is 0. The molecule has 0 heterocycles. The van der Waals surface area contributed by atoms with Crippen molar-refractivity contribution in [1.29, 1.82) is 0 Å². The van der Waals surface area contributed by atoms with Gasteiger partial charge in [-0.3, -0.25) is 0 Å². The number of ether oxygens (including phenoxy) is 1. The lowest BCUT2D eigenvalue weighted by Crippen LogP contribution is -2.06. The van der Waals surface area contributed by atoms with Crippen LogP contribution in [0.1, 0.15) is 20.8 Å². The van der Waals surface area contributed by atoms with E-state index < -0.39 is 0 Å². The molecule has 3 nitrogen and oxygen atoms in total. The molecule has 3 heteroatoms. The molecule has 0 radical (unpaired) electrons. The monoisotopic (exact) mass is 318 g/mol. The lowest BCUT2D eigenvalue weighted by Gasteiger charge is -2.10. The van der Waals surface area contributed by atoms with E-state index in [9.17, 15) is 0 Å². The molecule has 0 aliphatic rings. The molecule has 122 valence electrons. The number of anilines is 1. The number of hydrogen-bond donors (Lipinski definition) is 1. The average Bonchev–Trinajstić information content (AvgIpc) is 2.56. The van der Waals surface area contributed by atoms with E-state index in [4.69, 9.17) is 4.74 Å². The number of hydrogen-bond acceptors (Lipinski definition) is 2. The van der Waals surface area contributed by atoms with Gasteiger partial charge in [-0.05, 0) is 67.9 Å². The van der Waals surface area contributed by atoms with Crippen LogP contribution in [-0.2, 0) is 0 Å². The van der Waals surface area contributed by atoms with Gasteiger partial charge in [0.05, 0.1) is 11.8 Å². The average molecular weight is 318 g/mol. The second-order valence-corrected chi connectivity index (χ2v) is 6.04. The molecule has 0 atom stereocenters. The molecular weight excluding hydrogens is 296 g/mol. The zero-order valence-electron chi connectivity index (χ0n) is 14.3. The lowest BCUT2D eigenvalue weighted by atomic mass is 10.1. The predicted octanol–water partition coefficient (Wildman–Crippen LogP) is 5.79. The summed E-state index contributed by atoms with van der Waals surface area (Å²) in [5.74, 6) is 1.71. The molecule has 1 N–H and O–H groups in total. The molecule has 0 saturated heterocycles. The van der Waals surface area contributed by atoms with E-state index in [1.165, 1.54) is 10.8 Å². The number of aliphatic imine (C=N–C) groups is 1. The number of nitrogens with one attached hydrogen (secondary N) is 1. The van der Waals surface area contributed by atoms with E-state index in [-0.39, 0.29) is 6.10 Å². The Bertz CT molecular complexity index is 851. The Morgan fingerprint density at radius 1 is 0.917 bits per heavy atom. The molecule has 0 spiro atoms. The van der Waals surface area contributed by atoms with E-state index in [0.717, 1.165) is 23.0 Å². The topological polar surface area (TPSA) is 33.6 Å². The second kappa shape index (κ2) is 7.18.